The first-order valence-electron chi connectivity index (χ1n) is 11.0. The molecule has 4 aromatic carbocycles. The number of hydrogen-bond donors (Lipinski definition) is 2. The molecule has 0 saturated heterocycles. The molecule has 1 atom stereocenters. The van der Waals surface area contributed by atoms with Crippen LogP contribution in [0.25, 0.3) is 0 Å². The van der Waals surface area contributed by atoms with Gasteiger partial charge in [0.15, 0.2) is 28.9 Å². The number of ether oxygens (including phenoxy) is 2. The Labute approximate surface area is 210 Å². The molecule has 2 heterocycles. The van der Waals surface area contributed by atoms with Crippen LogP contribution < -0.4 is 15.8 Å². The Kier molecular flexibility index (Phi) is 4.96. The van der Waals surface area contributed by atoms with Crippen molar-refractivity contribution in [2.45, 2.75) is 5.60 Å². The number of carbonyl (C=O) groups is 2. The van der Waals surface area contributed by atoms with Gasteiger partial charge in [0.2, 0.25) is 5.82 Å². The Morgan fingerprint density at radius 3 is 2.08 bits per heavy atom. The number of halogens is 5. The SMILES string of the molecule is Nc1ccc2c(c1)Oc1cc(NC(=O)c3c(F)c(F)c(F)c(F)c3F)ccc1C21OC(=O)c2ccccc21. The van der Waals surface area contributed by atoms with Gasteiger partial charge in [-0.2, -0.15) is 0 Å². The molecule has 2 aliphatic heterocycles. The average molecular weight is 524 g/mol. The van der Waals surface area contributed by atoms with Crippen LogP contribution in [0.3, 0.4) is 0 Å². The first-order chi connectivity index (χ1) is 18.1. The fourth-order valence-electron chi connectivity index (χ4n) is 4.77. The number of nitrogen functional groups attached to an aromatic ring is 1. The molecule has 0 bridgehead atoms. The van der Waals surface area contributed by atoms with Gasteiger partial charge in [0.1, 0.15) is 17.1 Å². The maximum atomic E-state index is 14.1. The van der Waals surface area contributed by atoms with Gasteiger partial charge in [-0.05, 0) is 30.3 Å². The summed E-state index contributed by atoms with van der Waals surface area (Å²) in [4.78, 5) is 25.4. The number of amides is 1. The van der Waals surface area contributed by atoms with Gasteiger partial charge in [0.25, 0.3) is 5.91 Å². The predicted molar refractivity (Wildman–Crippen MR) is 123 cm³/mol. The van der Waals surface area contributed by atoms with Gasteiger partial charge in [-0.15, -0.1) is 0 Å². The Bertz CT molecular complexity index is 1700. The number of nitrogens with one attached hydrogen (secondary N) is 1. The molecule has 2 aliphatic rings. The molecular formula is C27H13F5N2O4. The lowest BCUT2D eigenvalue weighted by Crippen LogP contribution is -2.33. The molecule has 0 aromatic heterocycles. The second kappa shape index (κ2) is 8.04. The van der Waals surface area contributed by atoms with E-state index in [0.29, 0.717) is 27.9 Å². The number of benzene rings is 4. The average Bonchev–Trinajstić information content (AvgIpc) is 3.19. The van der Waals surface area contributed by atoms with Crippen molar-refractivity contribution in [3.05, 3.63) is 118 Å². The second-order valence-corrected chi connectivity index (χ2v) is 8.58. The summed E-state index contributed by atoms with van der Waals surface area (Å²) in [6.45, 7) is 0. The summed E-state index contributed by atoms with van der Waals surface area (Å²) in [5.74, 6) is -13.3. The van der Waals surface area contributed by atoms with E-state index in [1.165, 1.54) is 24.3 Å². The highest BCUT2D eigenvalue weighted by Gasteiger charge is 2.53. The monoisotopic (exact) mass is 524 g/mol. The smallest absolute Gasteiger partial charge is 0.340 e. The van der Waals surface area contributed by atoms with E-state index in [4.69, 9.17) is 15.2 Å². The number of hydrogen-bond acceptors (Lipinski definition) is 5. The highest BCUT2D eigenvalue weighted by Crippen LogP contribution is 2.56. The predicted octanol–water partition coefficient (Wildman–Crippen LogP) is 5.78. The standard InChI is InChI=1S/C27H13F5N2O4/c28-20-19(21(29)23(31)24(32)22(20)30)25(35)34-12-6-8-16-18(10-12)37-17-9-11(33)5-7-15(17)27(16)14-4-2-1-3-13(14)26(36)38-27/h1-10H,33H2,(H,34,35). The fourth-order valence-corrected chi connectivity index (χ4v) is 4.77. The van der Waals surface area contributed by atoms with Gasteiger partial charge in [0.05, 0.1) is 5.56 Å². The highest BCUT2D eigenvalue weighted by molar-refractivity contribution is 6.05. The van der Waals surface area contributed by atoms with E-state index in [1.54, 1.807) is 36.4 Å². The summed E-state index contributed by atoms with van der Waals surface area (Å²) >= 11 is 0. The molecule has 0 aliphatic carbocycles. The zero-order chi connectivity index (χ0) is 26.9. The van der Waals surface area contributed by atoms with Crippen LogP contribution in [0.4, 0.5) is 33.3 Å². The van der Waals surface area contributed by atoms with Crippen LogP contribution in [0.15, 0.2) is 60.7 Å². The summed E-state index contributed by atoms with van der Waals surface area (Å²) in [6.07, 6.45) is 0. The van der Waals surface area contributed by atoms with E-state index in [1.807, 2.05) is 0 Å². The Morgan fingerprint density at radius 2 is 1.37 bits per heavy atom. The zero-order valence-electron chi connectivity index (χ0n) is 18.9. The lowest BCUT2D eigenvalue weighted by atomic mass is 9.77. The molecule has 1 unspecified atom stereocenters. The lowest BCUT2D eigenvalue weighted by molar-refractivity contribution is 0.0224. The van der Waals surface area contributed by atoms with E-state index < -0.39 is 52.1 Å². The van der Waals surface area contributed by atoms with Crippen LogP contribution >= 0.6 is 0 Å². The molecule has 1 amide bonds. The maximum Gasteiger partial charge on any atom is 0.340 e. The van der Waals surface area contributed by atoms with Crippen molar-refractivity contribution in [3.63, 3.8) is 0 Å². The number of carbonyl (C=O) groups excluding carboxylic acids is 2. The van der Waals surface area contributed by atoms with E-state index >= 15 is 0 Å². The number of esters is 1. The molecule has 38 heavy (non-hydrogen) atoms. The fraction of sp³-hybridized carbons (Fsp3) is 0.0370. The van der Waals surface area contributed by atoms with Crippen molar-refractivity contribution in [1.29, 1.82) is 0 Å². The van der Waals surface area contributed by atoms with Crippen molar-refractivity contribution in [2.24, 2.45) is 0 Å². The summed E-state index contributed by atoms with van der Waals surface area (Å²) in [5, 5.41) is 2.12. The van der Waals surface area contributed by atoms with Gasteiger partial charge >= 0.3 is 5.97 Å². The van der Waals surface area contributed by atoms with Crippen molar-refractivity contribution in [1.82, 2.24) is 0 Å². The van der Waals surface area contributed by atoms with Gasteiger partial charge in [-0.25, -0.2) is 26.7 Å². The first kappa shape index (κ1) is 23.5. The first-order valence-corrected chi connectivity index (χ1v) is 11.0. The van der Waals surface area contributed by atoms with Gasteiger partial charge < -0.3 is 20.5 Å². The van der Waals surface area contributed by atoms with E-state index in [-0.39, 0.29) is 17.2 Å². The number of nitrogens with two attached hydrogens (primary N) is 1. The van der Waals surface area contributed by atoms with Crippen LogP contribution in [0.5, 0.6) is 11.5 Å². The minimum absolute atomic E-state index is 0.0859. The molecule has 6 nitrogen and oxygen atoms in total. The molecule has 11 heteroatoms. The molecule has 3 N–H and O–H groups in total. The van der Waals surface area contributed by atoms with Crippen LogP contribution in [0.2, 0.25) is 0 Å². The topological polar surface area (TPSA) is 90.7 Å². The molecule has 190 valence electrons. The van der Waals surface area contributed by atoms with Crippen molar-refractivity contribution in [3.8, 4) is 11.5 Å². The van der Waals surface area contributed by atoms with Crippen LogP contribution in [-0.2, 0) is 10.3 Å². The Hall–Kier alpha value is -4.93. The van der Waals surface area contributed by atoms with Crippen molar-refractivity contribution >= 4 is 23.3 Å². The van der Waals surface area contributed by atoms with E-state index in [9.17, 15) is 31.5 Å². The minimum atomic E-state index is -2.38. The van der Waals surface area contributed by atoms with Gasteiger partial charge in [0, 0.05) is 40.2 Å². The quantitative estimate of drug-likeness (QED) is 0.114. The van der Waals surface area contributed by atoms with Crippen LogP contribution in [0.1, 0.15) is 37.4 Å². The highest BCUT2D eigenvalue weighted by atomic mass is 19.2. The summed E-state index contributed by atoms with van der Waals surface area (Å²) < 4.78 is 80.8. The van der Waals surface area contributed by atoms with E-state index in [0.717, 1.165) is 0 Å². The molecular weight excluding hydrogens is 511 g/mol. The van der Waals surface area contributed by atoms with Crippen LogP contribution in [-0.4, -0.2) is 11.9 Å². The normalized spacial score (nSPS) is 16.8. The number of fused-ring (bicyclic) bond motifs is 6. The van der Waals surface area contributed by atoms with Gasteiger partial charge in [-0.1, -0.05) is 18.2 Å². The summed E-state index contributed by atoms with van der Waals surface area (Å²) in [5.41, 5.74) is 4.79. The summed E-state index contributed by atoms with van der Waals surface area (Å²) in [7, 11) is 0. The molecule has 0 saturated carbocycles. The van der Waals surface area contributed by atoms with Crippen molar-refractivity contribution < 1.29 is 41.0 Å². The third-order valence-corrected chi connectivity index (χ3v) is 6.43. The second-order valence-electron chi connectivity index (χ2n) is 8.58. The van der Waals surface area contributed by atoms with Gasteiger partial charge in [-0.3, -0.25) is 4.79 Å². The lowest BCUT2D eigenvalue weighted by Gasteiger charge is -2.36. The number of rotatable bonds is 2. The zero-order valence-corrected chi connectivity index (χ0v) is 18.9. The molecule has 1 spiro atoms. The third-order valence-electron chi connectivity index (χ3n) is 6.43. The Morgan fingerprint density at radius 1 is 0.763 bits per heavy atom. The number of anilines is 2. The third kappa shape index (κ3) is 3.11. The summed E-state index contributed by atoms with van der Waals surface area (Å²) in [6, 6.07) is 15.5. The molecule has 6 rings (SSSR count). The minimum Gasteiger partial charge on any atom is -0.456 e. The Balaban J connectivity index is 1.47. The van der Waals surface area contributed by atoms with Crippen LogP contribution in [0, 0.1) is 29.1 Å². The molecule has 4 aromatic rings. The van der Waals surface area contributed by atoms with E-state index in [2.05, 4.69) is 5.32 Å². The molecule has 0 fully saturated rings. The largest absolute Gasteiger partial charge is 0.456 e. The molecule has 0 radical (unpaired) electrons. The maximum absolute atomic E-state index is 14.1. The van der Waals surface area contributed by atoms with Crippen molar-refractivity contribution in [2.75, 3.05) is 11.1 Å².